The van der Waals surface area contributed by atoms with E-state index < -0.39 is 5.82 Å². The van der Waals surface area contributed by atoms with Crippen molar-refractivity contribution in [2.75, 3.05) is 24.1 Å². The van der Waals surface area contributed by atoms with Gasteiger partial charge in [0.25, 0.3) is 0 Å². The molecule has 3 N–H and O–H groups in total. The summed E-state index contributed by atoms with van der Waals surface area (Å²) in [4.78, 5) is 14.4. The van der Waals surface area contributed by atoms with Crippen LogP contribution in [0.4, 0.5) is 15.8 Å². The predicted molar refractivity (Wildman–Crippen MR) is 83.5 cm³/mol. The van der Waals surface area contributed by atoms with Gasteiger partial charge in [0, 0.05) is 5.69 Å². The van der Waals surface area contributed by atoms with E-state index in [0.29, 0.717) is 5.69 Å². The van der Waals surface area contributed by atoms with E-state index in [4.69, 9.17) is 5.73 Å². The monoisotopic (exact) mass is 293 g/mol. The number of likely N-dealkylation sites (tertiary alicyclic amines) is 1. The standard InChI is InChI=1S/C16H24FN3O/c1-3-12-6-8-20(9-7-12)11(2)16(21)19-15-10-13(18)4-5-14(15)17/h4-5,10-12H,3,6-9,18H2,1-2H3,(H,19,21). The average molecular weight is 293 g/mol. The lowest BCUT2D eigenvalue weighted by Gasteiger charge is -2.35. The topological polar surface area (TPSA) is 58.4 Å². The summed E-state index contributed by atoms with van der Waals surface area (Å²) < 4.78 is 13.6. The highest BCUT2D eigenvalue weighted by Gasteiger charge is 2.26. The van der Waals surface area contributed by atoms with Gasteiger partial charge in [0.15, 0.2) is 0 Å². The fourth-order valence-corrected chi connectivity index (χ4v) is 2.79. The molecule has 1 aromatic rings. The van der Waals surface area contributed by atoms with Crippen LogP contribution in [0.25, 0.3) is 0 Å². The van der Waals surface area contributed by atoms with Crippen LogP contribution in [0.2, 0.25) is 0 Å². The second-order valence-electron chi connectivity index (χ2n) is 5.79. The minimum Gasteiger partial charge on any atom is -0.399 e. The minimum atomic E-state index is -0.463. The van der Waals surface area contributed by atoms with Gasteiger partial charge in [-0.05, 0) is 57.0 Å². The molecule has 1 unspecified atom stereocenters. The second kappa shape index (κ2) is 6.89. The molecule has 4 nitrogen and oxygen atoms in total. The van der Waals surface area contributed by atoms with E-state index in [1.165, 1.54) is 24.6 Å². The molecule has 0 bridgehead atoms. The zero-order valence-corrected chi connectivity index (χ0v) is 12.7. The quantitative estimate of drug-likeness (QED) is 0.839. The Labute approximate surface area is 125 Å². The van der Waals surface area contributed by atoms with Gasteiger partial charge >= 0.3 is 0 Å². The van der Waals surface area contributed by atoms with E-state index in [9.17, 15) is 9.18 Å². The number of nitrogen functional groups attached to an aromatic ring is 1. The van der Waals surface area contributed by atoms with Crippen molar-refractivity contribution in [2.24, 2.45) is 5.92 Å². The number of rotatable bonds is 4. The number of nitrogens with two attached hydrogens (primary N) is 1. The maximum absolute atomic E-state index is 13.6. The summed E-state index contributed by atoms with van der Waals surface area (Å²) in [7, 11) is 0. The van der Waals surface area contributed by atoms with Gasteiger partial charge in [-0.1, -0.05) is 13.3 Å². The molecule has 0 radical (unpaired) electrons. The first-order valence-electron chi connectivity index (χ1n) is 7.61. The number of amides is 1. The molecule has 21 heavy (non-hydrogen) atoms. The Bertz CT molecular complexity index is 498. The molecule has 1 atom stereocenters. The van der Waals surface area contributed by atoms with Crippen LogP contribution in [0.5, 0.6) is 0 Å². The lowest BCUT2D eigenvalue weighted by Crippen LogP contribution is -2.46. The molecule has 1 aliphatic rings. The highest BCUT2D eigenvalue weighted by atomic mass is 19.1. The van der Waals surface area contributed by atoms with Crippen molar-refractivity contribution in [3.8, 4) is 0 Å². The number of carbonyl (C=O) groups excluding carboxylic acids is 1. The number of nitrogens with one attached hydrogen (secondary N) is 1. The summed E-state index contributed by atoms with van der Waals surface area (Å²) in [6.07, 6.45) is 3.45. The van der Waals surface area contributed by atoms with Crippen LogP contribution in [0, 0.1) is 11.7 Å². The molecule has 2 rings (SSSR count). The first-order chi connectivity index (χ1) is 10.0. The van der Waals surface area contributed by atoms with Gasteiger partial charge in [0.2, 0.25) is 5.91 Å². The zero-order valence-electron chi connectivity index (χ0n) is 12.7. The van der Waals surface area contributed by atoms with Gasteiger partial charge in [-0.25, -0.2) is 4.39 Å². The van der Waals surface area contributed by atoms with Crippen molar-refractivity contribution in [3.05, 3.63) is 24.0 Å². The van der Waals surface area contributed by atoms with E-state index in [1.807, 2.05) is 6.92 Å². The Hall–Kier alpha value is -1.62. The third-order valence-corrected chi connectivity index (χ3v) is 4.40. The molecular weight excluding hydrogens is 269 g/mol. The summed E-state index contributed by atoms with van der Waals surface area (Å²) in [6, 6.07) is 3.93. The fraction of sp³-hybridized carbons (Fsp3) is 0.562. The molecule has 0 aliphatic carbocycles. The molecule has 0 spiro atoms. The van der Waals surface area contributed by atoms with E-state index in [0.717, 1.165) is 31.8 Å². The molecule has 1 amide bonds. The molecule has 0 aromatic heterocycles. The number of halogens is 1. The van der Waals surface area contributed by atoms with Crippen molar-refractivity contribution in [3.63, 3.8) is 0 Å². The van der Waals surface area contributed by atoms with Crippen molar-refractivity contribution in [1.29, 1.82) is 0 Å². The normalized spacial score (nSPS) is 18.4. The summed E-state index contributed by atoms with van der Waals surface area (Å²) in [5.74, 6) is 0.117. The third kappa shape index (κ3) is 3.94. The number of benzene rings is 1. The Morgan fingerprint density at radius 3 is 2.76 bits per heavy atom. The molecule has 1 saturated heterocycles. The van der Waals surface area contributed by atoms with Crippen LogP contribution in [0.3, 0.4) is 0 Å². The van der Waals surface area contributed by atoms with Gasteiger partial charge in [0.05, 0.1) is 11.7 Å². The van der Waals surface area contributed by atoms with Crippen molar-refractivity contribution < 1.29 is 9.18 Å². The van der Waals surface area contributed by atoms with Crippen molar-refractivity contribution >= 4 is 17.3 Å². The molecular formula is C16H24FN3O. The smallest absolute Gasteiger partial charge is 0.241 e. The molecule has 1 aliphatic heterocycles. The van der Waals surface area contributed by atoms with Crippen LogP contribution in [0.15, 0.2) is 18.2 Å². The van der Waals surface area contributed by atoms with E-state index in [2.05, 4.69) is 17.1 Å². The van der Waals surface area contributed by atoms with E-state index in [1.54, 1.807) is 0 Å². The van der Waals surface area contributed by atoms with Gasteiger partial charge < -0.3 is 11.1 Å². The van der Waals surface area contributed by atoms with Gasteiger partial charge in [0.1, 0.15) is 5.82 Å². The molecule has 5 heteroatoms. The molecule has 0 saturated carbocycles. The second-order valence-corrected chi connectivity index (χ2v) is 5.79. The van der Waals surface area contributed by atoms with Crippen molar-refractivity contribution in [2.45, 2.75) is 39.2 Å². The Balaban J connectivity index is 1.95. The Morgan fingerprint density at radius 2 is 2.14 bits per heavy atom. The summed E-state index contributed by atoms with van der Waals surface area (Å²) in [5.41, 5.74) is 6.21. The van der Waals surface area contributed by atoms with Gasteiger partial charge in [-0.2, -0.15) is 0 Å². The average Bonchev–Trinajstić information content (AvgIpc) is 2.50. The highest BCUT2D eigenvalue weighted by molar-refractivity contribution is 5.95. The molecule has 1 heterocycles. The Kier molecular flexibility index (Phi) is 5.17. The van der Waals surface area contributed by atoms with Crippen LogP contribution in [-0.4, -0.2) is 29.9 Å². The first kappa shape index (κ1) is 15.8. The SMILES string of the molecule is CCC1CCN(C(C)C(=O)Nc2cc(N)ccc2F)CC1. The summed E-state index contributed by atoms with van der Waals surface area (Å²) >= 11 is 0. The Morgan fingerprint density at radius 1 is 1.48 bits per heavy atom. The largest absolute Gasteiger partial charge is 0.399 e. The highest BCUT2D eigenvalue weighted by Crippen LogP contribution is 2.22. The fourth-order valence-electron chi connectivity index (χ4n) is 2.79. The zero-order chi connectivity index (χ0) is 15.4. The number of anilines is 2. The summed E-state index contributed by atoms with van der Waals surface area (Å²) in [6.45, 7) is 5.92. The van der Waals surface area contributed by atoms with Crippen LogP contribution >= 0.6 is 0 Å². The molecule has 1 fully saturated rings. The van der Waals surface area contributed by atoms with E-state index in [-0.39, 0.29) is 17.6 Å². The number of nitrogens with zero attached hydrogens (tertiary/aromatic N) is 1. The predicted octanol–water partition coefficient (Wildman–Crippen LogP) is 2.86. The van der Waals surface area contributed by atoms with Gasteiger partial charge in [-0.3, -0.25) is 9.69 Å². The number of carbonyl (C=O) groups is 1. The minimum absolute atomic E-state index is 0.148. The number of piperidine rings is 1. The third-order valence-electron chi connectivity index (χ3n) is 4.40. The molecule has 1 aromatic carbocycles. The summed E-state index contributed by atoms with van der Waals surface area (Å²) in [5, 5.41) is 2.64. The van der Waals surface area contributed by atoms with Crippen LogP contribution in [-0.2, 0) is 4.79 Å². The first-order valence-corrected chi connectivity index (χ1v) is 7.61. The maximum atomic E-state index is 13.6. The number of hydrogen-bond donors (Lipinski definition) is 2. The van der Waals surface area contributed by atoms with Crippen molar-refractivity contribution in [1.82, 2.24) is 4.90 Å². The number of hydrogen-bond acceptors (Lipinski definition) is 3. The van der Waals surface area contributed by atoms with Gasteiger partial charge in [-0.15, -0.1) is 0 Å². The lowest BCUT2D eigenvalue weighted by atomic mass is 9.93. The van der Waals surface area contributed by atoms with Crippen LogP contribution in [0.1, 0.15) is 33.1 Å². The molecule has 116 valence electrons. The maximum Gasteiger partial charge on any atom is 0.241 e. The lowest BCUT2D eigenvalue weighted by molar-refractivity contribution is -0.121. The van der Waals surface area contributed by atoms with Crippen LogP contribution < -0.4 is 11.1 Å². The van der Waals surface area contributed by atoms with E-state index >= 15 is 0 Å².